The molecule has 142 valence electrons. The Balaban J connectivity index is 1.56. The smallest absolute Gasteiger partial charge is 0.225 e. The number of carbonyl (C=O) groups excluding carboxylic acids is 1. The first kappa shape index (κ1) is 18.9. The van der Waals surface area contributed by atoms with Gasteiger partial charge in [-0.3, -0.25) is 4.79 Å². The van der Waals surface area contributed by atoms with Crippen LogP contribution in [0.25, 0.3) is 0 Å². The molecule has 2 aromatic rings. The Bertz CT molecular complexity index is 810. The van der Waals surface area contributed by atoms with Crippen molar-refractivity contribution in [3.05, 3.63) is 71.7 Å². The Hall–Kier alpha value is -2.86. The number of benzene rings is 1. The summed E-state index contributed by atoms with van der Waals surface area (Å²) < 4.78 is 0. The normalized spacial score (nSPS) is 15.1. The van der Waals surface area contributed by atoms with Crippen molar-refractivity contribution in [3.8, 4) is 0 Å². The van der Waals surface area contributed by atoms with Gasteiger partial charge in [-0.2, -0.15) is 0 Å². The van der Waals surface area contributed by atoms with Gasteiger partial charge in [0, 0.05) is 6.20 Å². The molecule has 0 bridgehead atoms. The Morgan fingerprint density at radius 2 is 1.96 bits per heavy atom. The molecule has 0 spiro atoms. The number of hydrogen-bond donors (Lipinski definition) is 2. The van der Waals surface area contributed by atoms with Crippen LogP contribution >= 0.6 is 0 Å². The fourth-order valence-corrected chi connectivity index (χ4v) is 2.76. The summed E-state index contributed by atoms with van der Waals surface area (Å²) in [4.78, 5) is 22.1. The number of nitrogens with zero attached hydrogens (tertiary/aromatic N) is 2. The van der Waals surface area contributed by atoms with E-state index >= 15 is 0 Å². The SMILES string of the molecule is CC(NC(=O)Cc1ccc(C(C)(C)C)cc1)C1=CN(c2ccccn2)NO1. The van der Waals surface area contributed by atoms with Crippen LogP contribution in [-0.4, -0.2) is 16.9 Å². The Kier molecular flexibility index (Phi) is 5.46. The molecule has 1 amide bonds. The fraction of sp³-hybridized carbons (Fsp3) is 0.333. The van der Waals surface area contributed by atoms with Crippen molar-refractivity contribution in [2.75, 3.05) is 5.01 Å². The standard InChI is InChI=1S/C21H26N4O2/c1-15(18-14-25(24-27-18)19-7-5-6-12-22-19)23-20(26)13-16-8-10-17(11-9-16)21(2,3)4/h5-12,14-15,24H,13H2,1-4H3,(H,23,26). The minimum Gasteiger partial charge on any atom is -0.389 e. The molecule has 6 nitrogen and oxygen atoms in total. The second kappa shape index (κ2) is 7.80. The third kappa shape index (κ3) is 4.86. The molecule has 1 aliphatic rings. The molecule has 27 heavy (non-hydrogen) atoms. The lowest BCUT2D eigenvalue weighted by Crippen LogP contribution is -2.35. The summed E-state index contributed by atoms with van der Waals surface area (Å²) in [7, 11) is 0. The Morgan fingerprint density at radius 3 is 2.59 bits per heavy atom. The summed E-state index contributed by atoms with van der Waals surface area (Å²) in [6.45, 7) is 8.41. The first-order valence-corrected chi connectivity index (χ1v) is 9.06. The van der Waals surface area contributed by atoms with Gasteiger partial charge in [0.1, 0.15) is 5.82 Å². The molecule has 6 heteroatoms. The Morgan fingerprint density at radius 1 is 1.22 bits per heavy atom. The number of anilines is 1. The molecule has 3 rings (SSSR count). The monoisotopic (exact) mass is 366 g/mol. The van der Waals surface area contributed by atoms with Crippen molar-refractivity contribution in [2.24, 2.45) is 0 Å². The van der Waals surface area contributed by atoms with Gasteiger partial charge in [-0.05, 0) is 35.6 Å². The molecule has 1 atom stereocenters. The van der Waals surface area contributed by atoms with Gasteiger partial charge in [-0.1, -0.05) is 56.7 Å². The molecule has 0 radical (unpaired) electrons. The van der Waals surface area contributed by atoms with Crippen LogP contribution in [0.2, 0.25) is 0 Å². The average molecular weight is 366 g/mol. The van der Waals surface area contributed by atoms with Crippen LogP contribution in [0.3, 0.4) is 0 Å². The third-order valence-corrected chi connectivity index (χ3v) is 4.40. The maximum absolute atomic E-state index is 12.4. The van der Waals surface area contributed by atoms with Crippen molar-refractivity contribution >= 4 is 11.7 Å². The van der Waals surface area contributed by atoms with Crippen LogP contribution in [0.4, 0.5) is 5.82 Å². The number of nitrogens with one attached hydrogen (secondary N) is 2. The fourth-order valence-electron chi connectivity index (χ4n) is 2.76. The van der Waals surface area contributed by atoms with E-state index in [9.17, 15) is 4.79 Å². The Labute approximate surface area is 160 Å². The second-order valence-corrected chi connectivity index (χ2v) is 7.70. The number of hydrazine groups is 1. The van der Waals surface area contributed by atoms with Gasteiger partial charge < -0.3 is 10.2 Å². The highest BCUT2D eigenvalue weighted by Crippen LogP contribution is 2.22. The van der Waals surface area contributed by atoms with E-state index in [1.807, 2.05) is 37.3 Å². The van der Waals surface area contributed by atoms with Crippen LogP contribution in [0, 0.1) is 0 Å². The van der Waals surface area contributed by atoms with E-state index in [-0.39, 0.29) is 17.4 Å². The van der Waals surface area contributed by atoms with E-state index in [0.29, 0.717) is 18.0 Å². The molecule has 1 aliphatic heterocycles. The van der Waals surface area contributed by atoms with Crippen LogP contribution < -0.4 is 15.9 Å². The zero-order chi connectivity index (χ0) is 19.4. The lowest BCUT2D eigenvalue weighted by molar-refractivity contribution is -0.121. The van der Waals surface area contributed by atoms with Gasteiger partial charge in [-0.15, -0.1) is 0 Å². The van der Waals surface area contributed by atoms with Gasteiger partial charge in [0.05, 0.1) is 18.7 Å². The van der Waals surface area contributed by atoms with Gasteiger partial charge in [-0.25, -0.2) is 9.99 Å². The summed E-state index contributed by atoms with van der Waals surface area (Å²) in [5, 5.41) is 4.64. The lowest BCUT2D eigenvalue weighted by atomic mass is 9.86. The third-order valence-electron chi connectivity index (χ3n) is 4.40. The highest BCUT2D eigenvalue weighted by Gasteiger charge is 2.22. The predicted octanol–water partition coefficient (Wildman–Crippen LogP) is 3.22. The lowest BCUT2D eigenvalue weighted by Gasteiger charge is -2.19. The highest BCUT2D eigenvalue weighted by molar-refractivity contribution is 5.79. The quantitative estimate of drug-likeness (QED) is 0.850. The maximum atomic E-state index is 12.4. The summed E-state index contributed by atoms with van der Waals surface area (Å²) in [5.41, 5.74) is 5.12. The number of pyridine rings is 1. The molecule has 0 aliphatic carbocycles. The van der Waals surface area contributed by atoms with Crippen LogP contribution in [0.1, 0.15) is 38.8 Å². The molecular formula is C21H26N4O2. The van der Waals surface area contributed by atoms with Crippen molar-refractivity contribution < 1.29 is 9.63 Å². The second-order valence-electron chi connectivity index (χ2n) is 7.70. The maximum Gasteiger partial charge on any atom is 0.225 e. The van der Waals surface area contributed by atoms with Gasteiger partial charge >= 0.3 is 0 Å². The van der Waals surface area contributed by atoms with E-state index in [0.717, 1.165) is 5.56 Å². The summed E-state index contributed by atoms with van der Waals surface area (Å²) >= 11 is 0. The summed E-state index contributed by atoms with van der Waals surface area (Å²) in [6, 6.07) is 13.6. The molecule has 1 unspecified atom stereocenters. The van der Waals surface area contributed by atoms with E-state index in [1.54, 1.807) is 17.4 Å². The van der Waals surface area contributed by atoms with Gasteiger partial charge in [0.2, 0.25) is 5.91 Å². The van der Waals surface area contributed by atoms with Crippen LogP contribution in [-0.2, 0) is 21.5 Å². The summed E-state index contributed by atoms with van der Waals surface area (Å²) in [5.74, 6) is 1.29. The molecule has 2 heterocycles. The largest absolute Gasteiger partial charge is 0.389 e. The van der Waals surface area contributed by atoms with Crippen molar-refractivity contribution in [1.82, 2.24) is 15.9 Å². The van der Waals surface area contributed by atoms with E-state index in [1.165, 1.54) is 5.56 Å². The first-order valence-electron chi connectivity index (χ1n) is 9.06. The molecule has 2 N–H and O–H groups in total. The zero-order valence-corrected chi connectivity index (χ0v) is 16.2. The van der Waals surface area contributed by atoms with E-state index < -0.39 is 0 Å². The topological polar surface area (TPSA) is 66.5 Å². The van der Waals surface area contributed by atoms with Gasteiger partial charge in [0.15, 0.2) is 5.76 Å². The number of aromatic nitrogens is 1. The molecule has 0 saturated carbocycles. The number of carbonyl (C=O) groups is 1. The number of hydrogen-bond acceptors (Lipinski definition) is 5. The molecule has 0 saturated heterocycles. The number of amides is 1. The van der Waals surface area contributed by atoms with Gasteiger partial charge in [0.25, 0.3) is 0 Å². The summed E-state index contributed by atoms with van der Waals surface area (Å²) in [6.07, 6.45) is 3.82. The highest BCUT2D eigenvalue weighted by atomic mass is 16.7. The van der Waals surface area contributed by atoms with E-state index in [2.05, 4.69) is 48.8 Å². The van der Waals surface area contributed by atoms with Crippen molar-refractivity contribution in [2.45, 2.75) is 45.6 Å². The van der Waals surface area contributed by atoms with Crippen LogP contribution in [0.15, 0.2) is 60.6 Å². The molecule has 1 aromatic heterocycles. The zero-order valence-electron chi connectivity index (χ0n) is 16.2. The minimum atomic E-state index is -0.257. The number of rotatable bonds is 5. The van der Waals surface area contributed by atoms with Crippen molar-refractivity contribution in [1.29, 1.82) is 0 Å². The van der Waals surface area contributed by atoms with Crippen molar-refractivity contribution in [3.63, 3.8) is 0 Å². The minimum absolute atomic E-state index is 0.0493. The molecule has 1 aromatic carbocycles. The first-order chi connectivity index (χ1) is 12.8. The predicted molar refractivity (Wildman–Crippen MR) is 105 cm³/mol. The van der Waals surface area contributed by atoms with E-state index in [4.69, 9.17) is 4.84 Å². The molecular weight excluding hydrogens is 340 g/mol. The average Bonchev–Trinajstić information content (AvgIpc) is 3.12. The molecule has 0 fully saturated rings. The van der Waals surface area contributed by atoms with Crippen LogP contribution in [0.5, 0.6) is 0 Å².